The van der Waals surface area contributed by atoms with Gasteiger partial charge in [-0.1, -0.05) is 69.3 Å². The molecular formula is C14H18. The Morgan fingerprint density at radius 2 is 0.857 bits per heavy atom. The first kappa shape index (κ1) is 10.8. The summed E-state index contributed by atoms with van der Waals surface area (Å²) in [5.74, 6) is 0.833. The molecule has 0 aliphatic rings. The van der Waals surface area contributed by atoms with Crippen LogP contribution >= 0.6 is 0 Å². The van der Waals surface area contributed by atoms with Crippen LogP contribution in [0.4, 0.5) is 0 Å². The van der Waals surface area contributed by atoms with Crippen molar-refractivity contribution in [2.24, 2.45) is 5.92 Å². The lowest BCUT2D eigenvalue weighted by Crippen LogP contribution is -1.67. The van der Waals surface area contributed by atoms with Crippen molar-refractivity contribution in [1.82, 2.24) is 0 Å². The second kappa shape index (κ2) is 5.43. The quantitative estimate of drug-likeness (QED) is 0.568. The zero-order valence-corrected chi connectivity index (χ0v) is 9.20. The lowest BCUT2D eigenvalue weighted by atomic mass is 10.1. The van der Waals surface area contributed by atoms with Gasteiger partial charge in [-0.05, 0) is 16.7 Å². The third-order valence-electron chi connectivity index (χ3n) is 1.66. The number of hydrogen-bond donors (Lipinski definition) is 0. The lowest BCUT2D eigenvalue weighted by Gasteiger charge is -1.92. The summed E-state index contributed by atoms with van der Waals surface area (Å²) in [6, 6.07) is 16.7. The van der Waals surface area contributed by atoms with Crippen molar-refractivity contribution in [3.8, 4) is 0 Å². The molecule has 2 rings (SSSR count). The second-order valence-electron chi connectivity index (χ2n) is 4.08. The maximum Gasteiger partial charge on any atom is -0.0184 e. The minimum absolute atomic E-state index is 0.833. The summed E-state index contributed by atoms with van der Waals surface area (Å²) < 4.78 is 0. The second-order valence-corrected chi connectivity index (χ2v) is 4.08. The minimum Gasteiger partial charge on any atom is -0.0630 e. The molecule has 0 aliphatic carbocycles. The molecule has 0 radical (unpaired) electrons. The molecule has 0 atom stereocenters. The molecule has 2 aromatic carbocycles. The third-order valence-corrected chi connectivity index (χ3v) is 1.66. The number of rotatable bonds is 0. The molecule has 2 aromatic rings. The highest BCUT2D eigenvalue weighted by Gasteiger charge is 1.85. The Morgan fingerprint density at radius 1 is 0.643 bits per heavy atom. The summed E-state index contributed by atoms with van der Waals surface area (Å²) in [7, 11) is 0. The van der Waals surface area contributed by atoms with Gasteiger partial charge in [0.05, 0.1) is 0 Å². The molecule has 0 heteroatoms. The molecule has 0 aliphatic heterocycles. The fourth-order valence-electron chi connectivity index (χ4n) is 1.13. The van der Waals surface area contributed by atoms with Gasteiger partial charge in [0.2, 0.25) is 0 Å². The van der Waals surface area contributed by atoms with E-state index < -0.39 is 0 Å². The summed E-state index contributed by atoms with van der Waals surface area (Å²) in [5.41, 5.74) is 0. The van der Waals surface area contributed by atoms with E-state index in [4.69, 9.17) is 0 Å². The van der Waals surface area contributed by atoms with Crippen LogP contribution in [0.1, 0.15) is 20.8 Å². The molecule has 14 heavy (non-hydrogen) atoms. The first-order chi connectivity index (χ1) is 6.70. The summed E-state index contributed by atoms with van der Waals surface area (Å²) in [6.07, 6.45) is 0. The SMILES string of the molecule is CC(C)C.c1ccc2ccccc2c1. The van der Waals surface area contributed by atoms with E-state index in [1.54, 1.807) is 0 Å². The van der Waals surface area contributed by atoms with E-state index in [0.717, 1.165) is 5.92 Å². The van der Waals surface area contributed by atoms with Crippen molar-refractivity contribution < 1.29 is 0 Å². The van der Waals surface area contributed by atoms with Gasteiger partial charge in [0.15, 0.2) is 0 Å². The van der Waals surface area contributed by atoms with Crippen LogP contribution in [0.3, 0.4) is 0 Å². The van der Waals surface area contributed by atoms with E-state index in [9.17, 15) is 0 Å². The topological polar surface area (TPSA) is 0 Å². The highest BCUT2D eigenvalue weighted by Crippen LogP contribution is 2.11. The monoisotopic (exact) mass is 186 g/mol. The van der Waals surface area contributed by atoms with Gasteiger partial charge in [0.1, 0.15) is 0 Å². The predicted octanol–water partition coefficient (Wildman–Crippen LogP) is 4.50. The largest absolute Gasteiger partial charge is 0.0630 e. The molecule has 0 unspecified atom stereocenters. The Morgan fingerprint density at radius 3 is 1.07 bits per heavy atom. The van der Waals surface area contributed by atoms with E-state index >= 15 is 0 Å². The molecule has 74 valence electrons. The van der Waals surface area contributed by atoms with E-state index in [-0.39, 0.29) is 0 Å². The van der Waals surface area contributed by atoms with Gasteiger partial charge in [0, 0.05) is 0 Å². The Bertz CT molecular complexity index is 306. The first-order valence-corrected chi connectivity index (χ1v) is 5.14. The third kappa shape index (κ3) is 3.61. The van der Waals surface area contributed by atoms with Crippen LogP contribution in [-0.4, -0.2) is 0 Å². The Balaban J connectivity index is 0.000000213. The van der Waals surface area contributed by atoms with Gasteiger partial charge in [-0.25, -0.2) is 0 Å². The van der Waals surface area contributed by atoms with E-state index in [1.165, 1.54) is 10.8 Å². The molecule has 0 amide bonds. The summed E-state index contributed by atoms with van der Waals surface area (Å²) in [4.78, 5) is 0. The maximum atomic E-state index is 2.17. The predicted molar refractivity (Wildman–Crippen MR) is 64.5 cm³/mol. The zero-order chi connectivity index (χ0) is 10.4. The molecule has 0 nitrogen and oxygen atoms in total. The molecule has 0 saturated heterocycles. The van der Waals surface area contributed by atoms with Crippen LogP contribution in [0, 0.1) is 5.92 Å². The maximum absolute atomic E-state index is 2.17. The number of hydrogen-bond acceptors (Lipinski definition) is 0. The van der Waals surface area contributed by atoms with Gasteiger partial charge in [0.25, 0.3) is 0 Å². The Kier molecular flexibility index (Phi) is 4.18. The van der Waals surface area contributed by atoms with Crippen LogP contribution in [-0.2, 0) is 0 Å². The smallest absolute Gasteiger partial charge is 0.0184 e. The van der Waals surface area contributed by atoms with Crippen molar-refractivity contribution in [3.05, 3.63) is 48.5 Å². The molecule has 0 bridgehead atoms. The first-order valence-electron chi connectivity index (χ1n) is 5.14. The normalized spacial score (nSPS) is 9.71. The van der Waals surface area contributed by atoms with E-state index in [1.807, 2.05) is 0 Å². The van der Waals surface area contributed by atoms with E-state index in [0.29, 0.717) is 0 Å². The molecule has 0 saturated carbocycles. The minimum atomic E-state index is 0.833. The van der Waals surface area contributed by atoms with Crippen LogP contribution in [0.25, 0.3) is 10.8 Å². The van der Waals surface area contributed by atoms with Gasteiger partial charge < -0.3 is 0 Å². The zero-order valence-electron chi connectivity index (χ0n) is 9.20. The summed E-state index contributed by atoms with van der Waals surface area (Å²) in [5, 5.41) is 2.62. The van der Waals surface area contributed by atoms with Gasteiger partial charge in [-0.2, -0.15) is 0 Å². The Labute approximate surface area is 86.6 Å². The number of fused-ring (bicyclic) bond motifs is 1. The van der Waals surface area contributed by atoms with Crippen molar-refractivity contribution in [1.29, 1.82) is 0 Å². The van der Waals surface area contributed by atoms with Crippen LogP contribution in [0.5, 0.6) is 0 Å². The van der Waals surface area contributed by atoms with Gasteiger partial charge >= 0.3 is 0 Å². The molecule has 0 heterocycles. The van der Waals surface area contributed by atoms with Crippen molar-refractivity contribution in [2.45, 2.75) is 20.8 Å². The van der Waals surface area contributed by atoms with Crippen molar-refractivity contribution in [2.75, 3.05) is 0 Å². The highest BCUT2D eigenvalue weighted by atomic mass is 13.9. The van der Waals surface area contributed by atoms with Crippen LogP contribution in [0.15, 0.2) is 48.5 Å². The summed E-state index contributed by atoms with van der Waals surface area (Å²) >= 11 is 0. The summed E-state index contributed by atoms with van der Waals surface area (Å²) in [6.45, 7) is 6.50. The molecule has 0 aromatic heterocycles. The highest BCUT2D eigenvalue weighted by molar-refractivity contribution is 5.81. The van der Waals surface area contributed by atoms with Gasteiger partial charge in [-0.15, -0.1) is 0 Å². The molecule has 0 N–H and O–H groups in total. The average Bonchev–Trinajstić information content (AvgIpc) is 2.17. The van der Waals surface area contributed by atoms with Crippen LogP contribution in [0.2, 0.25) is 0 Å². The number of benzene rings is 2. The molecular weight excluding hydrogens is 168 g/mol. The fourth-order valence-corrected chi connectivity index (χ4v) is 1.13. The van der Waals surface area contributed by atoms with Crippen molar-refractivity contribution in [3.63, 3.8) is 0 Å². The van der Waals surface area contributed by atoms with E-state index in [2.05, 4.69) is 69.3 Å². The lowest BCUT2D eigenvalue weighted by molar-refractivity contribution is 0.737. The average molecular weight is 186 g/mol. The fraction of sp³-hybridized carbons (Fsp3) is 0.286. The molecule has 0 spiro atoms. The Hall–Kier alpha value is -1.30. The van der Waals surface area contributed by atoms with Crippen LogP contribution < -0.4 is 0 Å². The molecule has 0 fully saturated rings. The van der Waals surface area contributed by atoms with Gasteiger partial charge in [-0.3, -0.25) is 0 Å². The standard InChI is InChI=1S/C10H8.C4H10/c1-2-6-10-8-4-3-7-9(10)5-1;1-4(2)3/h1-8H;4H,1-3H3. The van der Waals surface area contributed by atoms with Crippen molar-refractivity contribution >= 4 is 10.8 Å².